The van der Waals surface area contributed by atoms with Crippen LogP contribution in [0.2, 0.25) is 0 Å². The lowest BCUT2D eigenvalue weighted by atomic mass is 10.2. The molecule has 0 unspecified atom stereocenters. The smallest absolute Gasteiger partial charge is 0.417 e. The van der Waals surface area contributed by atoms with E-state index in [9.17, 15) is 18.0 Å². The minimum absolute atomic E-state index is 0.139. The normalized spacial score (nSPS) is 10.9. The maximum Gasteiger partial charge on any atom is 0.417 e. The molecular formula is C11H14N2O6S. The Bertz CT molecular complexity index is 572. The lowest BCUT2D eigenvalue weighted by Crippen LogP contribution is -2.43. The third-order valence-electron chi connectivity index (χ3n) is 2.19. The Morgan fingerprint density at radius 1 is 1.25 bits per heavy atom. The largest absolute Gasteiger partial charge is 0.444 e. The Labute approximate surface area is 115 Å². The van der Waals surface area contributed by atoms with Gasteiger partial charge in [0, 0.05) is 0 Å². The van der Waals surface area contributed by atoms with Gasteiger partial charge in [-0.15, -0.1) is 0 Å². The number of hydrogen-bond donors (Lipinski definition) is 2. The van der Waals surface area contributed by atoms with Gasteiger partial charge in [-0.2, -0.15) is 8.42 Å². The molecule has 0 bridgehead atoms. The van der Waals surface area contributed by atoms with Crippen molar-refractivity contribution in [2.24, 2.45) is 5.73 Å². The monoisotopic (exact) mass is 302 g/mol. The van der Waals surface area contributed by atoms with E-state index in [-0.39, 0.29) is 11.5 Å². The maximum absolute atomic E-state index is 11.6. The van der Waals surface area contributed by atoms with Gasteiger partial charge in [-0.1, -0.05) is 30.3 Å². The van der Waals surface area contributed by atoms with E-state index < -0.39 is 34.5 Å². The molecule has 20 heavy (non-hydrogen) atoms. The second-order valence-corrected chi connectivity index (χ2v) is 5.20. The fraction of sp³-hybridized carbons (Fsp3) is 0.273. The third-order valence-corrected chi connectivity index (χ3v) is 2.78. The summed E-state index contributed by atoms with van der Waals surface area (Å²) in [7, 11) is -4.56. The molecule has 1 aromatic carbocycles. The van der Waals surface area contributed by atoms with Crippen molar-refractivity contribution >= 4 is 22.1 Å². The van der Waals surface area contributed by atoms with Crippen LogP contribution in [0.4, 0.5) is 4.79 Å². The number of ether oxygens (including phenoxy) is 1. The number of carbonyl (C=O) groups is 2. The summed E-state index contributed by atoms with van der Waals surface area (Å²) in [5.41, 5.74) is 5.72. The van der Waals surface area contributed by atoms with E-state index in [1.807, 2.05) is 0 Å². The van der Waals surface area contributed by atoms with Crippen molar-refractivity contribution in [2.45, 2.75) is 6.61 Å². The van der Waals surface area contributed by atoms with Crippen LogP contribution in [-0.2, 0) is 26.3 Å². The Kier molecular flexibility index (Phi) is 5.62. The average Bonchev–Trinajstić information content (AvgIpc) is 2.41. The van der Waals surface area contributed by atoms with Crippen LogP contribution >= 0.6 is 0 Å². The van der Waals surface area contributed by atoms with Crippen molar-refractivity contribution in [2.75, 3.05) is 12.4 Å². The van der Waals surface area contributed by atoms with Crippen molar-refractivity contribution in [1.29, 1.82) is 0 Å². The number of nitrogens with two attached hydrogens (primary N) is 1. The Morgan fingerprint density at radius 2 is 1.85 bits per heavy atom. The van der Waals surface area contributed by atoms with E-state index >= 15 is 0 Å². The van der Waals surface area contributed by atoms with Crippen molar-refractivity contribution in [3.8, 4) is 0 Å². The fourth-order valence-corrected chi connectivity index (χ4v) is 1.87. The molecular weight excluding hydrogens is 288 g/mol. The molecule has 9 heteroatoms. The van der Waals surface area contributed by atoms with Gasteiger partial charge in [-0.05, 0) is 5.56 Å². The molecule has 0 radical (unpaired) electrons. The summed E-state index contributed by atoms with van der Waals surface area (Å²) in [6.07, 6.45) is -1.19. The van der Waals surface area contributed by atoms with E-state index in [0.29, 0.717) is 5.56 Å². The van der Waals surface area contributed by atoms with Crippen LogP contribution in [0.1, 0.15) is 5.56 Å². The molecule has 0 atom stereocenters. The van der Waals surface area contributed by atoms with E-state index in [0.717, 1.165) is 0 Å². The number of imide groups is 1. The van der Waals surface area contributed by atoms with Crippen LogP contribution in [0.25, 0.3) is 0 Å². The van der Waals surface area contributed by atoms with Gasteiger partial charge in [-0.25, -0.2) is 9.69 Å². The van der Waals surface area contributed by atoms with Crippen LogP contribution in [-0.4, -0.2) is 42.3 Å². The average molecular weight is 302 g/mol. The first-order valence-corrected chi connectivity index (χ1v) is 7.10. The predicted octanol–water partition coefficient (Wildman–Crippen LogP) is -0.0442. The molecule has 0 aliphatic heterocycles. The van der Waals surface area contributed by atoms with Gasteiger partial charge in [0.1, 0.15) is 6.61 Å². The zero-order valence-electron chi connectivity index (χ0n) is 10.4. The van der Waals surface area contributed by atoms with Crippen LogP contribution < -0.4 is 5.73 Å². The van der Waals surface area contributed by atoms with E-state index in [1.54, 1.807) is 30.3 Å². The Balaban J connectivity index is 2.71. The van der Waals surface area contributed by atoms with E-state index in [4.69, 9.17) is 15.0 Å². The molecule has 0 saturated heterocycles. The zero-order chi connectivity index (χ0) is 15.2. The summed E-state index contributed by atoms with van der Waals surface area (Å²) >= 11 is 0. The number of rotatable bonds is 5. The Hall–Kier alpha value is -1.97. The van der Waals surface area contributed by atoms with Gasteiger partial charge in [0.25, 0.3) is 10.1 Å². The summed E-state index contributed by atoms with van der Waals surface area (Å²) in [4.78, 5) is 23.2. The number of nitrogens with zero attached hydrogens (tertiary/aromatic N) is 1. The maximum atomic E-state index is 11.6. The topological polar surface area (TPSA) is 127 Å². The van der Waals surface area contributed by atoms with Gasteiger partial charge in [0.15, 0.2) is 5.88 Å². The van der Waals surface area contributed by atoms with Crippen LogP contribution in [0.5, 0.6) is 0 Å². The first kappa shape index (κ1) is 16.1. The summed E-state index contributed by atoms with van der Waals surface area (Å²) in [5.74, 6) is -2.17. The second-order valence-electron chi connectivity index (χ2n) is 3.78. The molecule has 110 valence electrons. The number of benzene rings is 1. The minimum atomic E-state index is -4.56. The van der Waals surface area contributed by atoms with Crippen LogP contribution in [0.3, 0.4) is 0 Å². The predicted molar refractivity (Wildman–Crippen MR) is 68.9 cm³/mol. The summed E-state index contributed by atoms with van der Waals surface area (Å²) in [6.45, 7) is -0.727. The van der Waals surface area contributed by atoms with Crippen molar-refractivity contribution in [1.82, 2.24) is 4.90 Å². The first-order valence-electron chi connectivity index (χ1n) is 5.50. The highest BCUT2D eigenvalue weighted by atomic mass is 32.2. The standard InChI is InChI=1S/C11H14N2O6S/c12-6-10(14)13(8-20(16,17)18)11(15)19-7-9-4-2-1-3-5-9/h1-5H,6-8,12H2,(H,16,17,18). The molecule has 8 nitrogen and oxygen atoms in total. The lowest BCUT2D eigenvalue weighted by Gasteiger charge is -2.18. The molecule has 1 rings (SSSR count). The highest BCUT2D eigenvalue weighted by Gasteiger charge is 2.26. The van der Waals surface area contributed by atoms with Crippen molar-refractivity contribution in [3.63, 3.8) is 0 Å². The van der Waals surface area contributed by atoms with E-state index in [1.165, 1.54) is 0 Å². The second kappa shape index (κ2) is 6.98. The van der Waals surface area contributed by atoms with Gasteiger partial charge in [-0.3, -0.25) is 9.35 Å². The zero-order valence-corrected chi connectivity index (χ0v) is 11.2. The van der Waals surface area contributed by atoms with Crippen LogP contribution in [0, 0.1) is 0 Å². The number of amides is 2. The number of hydrogen-bond acceptors (Lipinski definition) is 6. The molecule has 0 aliphatic rings. The summed E-state index contributed by atoms with van der Waals surface area (Å²) < 4.78 is 35.0. The fourth-order valence-electron chi connectivity index (χ4n) is 1.30. The molecule has 3 N–H and O–H groups in total. The first-order chi connectivity index (χ1) is 9.33. The number of carbonyl (C=O) groups excluding carboxylic acids is 2. The van der Waals surface area contributed by atoms with E-state index in [2.05, 4.69) is 0 Å². The SMILES string of the molecule is NCC(=O)N(CS(=O)(=O)O)C(=O)OCc1ccccc1. The molecule has 0 spiro atoms. The summed E-state index contributed by atoms with van der Waals surface area (Å²) in [6, 6.07) is 8.60. The summed E-state index contributed by atoms with van der Waals surface area (Å²) in [5, 5.41) is 0. The highest BCUT2D eigenvalue weighted by molar-refractivity contribution is 7.85. The van der Waals surface area contributed by atoms with Gasteiger partial charge >= 0.3 is 6.09 Å². The minimum Gasteiger partial charge on any atom is -0.444 e. The van der Waals surface area contributed by atoms with Crippen molar-refractivity contribution < 1.29 is 27.3 Å². The molecule has 0 aromatic heterocycles. The third kappa shape index (κ3) is 5.34. The van der Waals surface area contributed by atoms with Crippen LogP contribution in [0.15, 0.2) is 30.3 Å². The Morgan fingerprint density at radius 3 is 2.35 bits per heavy atom. The van der Waals surface area contributed by atoms with Gasteiger partial charge in [0.05, 0.1) is 6.54 Å². The van der Waals surface area contributed by atoms with Crippen molar-refractivity contribution in [3.05, 3.63) is 35.9 Å². The lowest BCUT2D eigenvalue weighted by molar-refractivity contribution is -0.127. The highest BCUT2D eigenvalue weighted by Crippen LogP contribution is 2.04. The molecule has 0 heterocycles. The quantitative estimate of drug-likeness (QED) is 0.730. The molecule has 2 amide bonds. The van der Waals surface area contributed by atoms with Gasteiger partial charge < -0.3 is 10.5 Å². The molecule has 0 saturated carbocycles. The molecule has 0 fully saturated rings. The molecule has 1 aromatic rings. The van der Waals surface area contributed by atoms with Gasteiger partial charge in [0.2, 0.25) is 5.91 Å². The molecule has 0 aliphatic carbocycles.